The quantitative estimate of drug-likeness (QED) is 0.461. The van der Waals surface area contributed by atoms with E-state index in [9.17, 15) is 4.79 Å². The molecule has 1 saturated heterocycles. The lowest BCUT2D eigenvalue weighted by Crippen LogP contribution is -2.49. The first-order valence-corrected chi connectivity index (χ1v) is 11.2. The van der Waals surface area contributed by atoms with E-state index in [0.717, 1.165) is 41.2 Å². The Hall–Kier alpha value is -4.00. The molecule has 1 fully saturated rings. The zero-order valence-electron chi connectivity index (χ0n) is 18.5. The van der Waals surface area contributed by atoms with Crippen LogP contribution in [0.4, 0.5) is 5.82 Å². The van der Waals surface area contributed by atoms with Gasteiger partial charge in [-0.2, -0.15) is 4.98 Å². The van der Waals surface area contributed by atoms with Crippen molar-refractivity contribution >= 4 is 11.7 Å². The number of rotatable bonds is 5. The number of amides is 1. The Morgan fingerprint density at radius 1 is 0.879 bits per heavy atom. The summed E-state index contributed by atoms with van der Waals surface area (Å²) in [5.74, 6) is 2.13. The van der Waals surface area contributed by atoms with E-state index in [4.69, 9.17) is 4.52 Å². The smallest absolute Gasteiger partial charge is 0.253 e. The van der Waals surface area contributed by atoms with E-state index in [1.807, 2.05) is 66.4 Å². The molecule has 2 aromatic heterocycles. The first-order chi connectivity index (χ1) is 16.2. The Bertz CT molecular complexity index is 1210. The van der Waals surface area contributed by atoms with Crippen LogP contribution in [0.5, 0.6) is 0 Å². The fourth-order valence-corrected chi connectivity index (χ4v) is 3.98. The number of anilines is 1. The van der Waals surface area contributed by atoms with Gasteiger partial charge < -0.3 is 14.3 Å². The number of aromatic nitrogens is 3. The highest BCUT2D eigenvalue weighted by molar-refractivity contribution is 5.95. The van der Waals surface area contributed by atoms with Crippen molar-refractivity contribution in [2.45, 2.75) is 13.3 Å². The average Bonchev–Trinajstić information content (AvgIpc) is 3.39. The van der Waals surface area contributed by atoms with Crippen LogP contribution in [0.3, 0.4) is 0 Å². The van der Waals surface area contributed by atoms with Gasteiger partial charge in [0.1, 0.15) is 5.82 Å². The van der Waals surface area contributed by atoms with E-state index in [-0.39, 0.29) is 5.91 Å². The van der Waals surface area contributed by atoms with Gasteiger partial charge in [-0.15, -0.1) is 0 Å². The average molecular weight is 440 g/mol. The maximum absolute atomic E-state index is 13.0. The van der Waals surface area contributed by atoms with Crippen LogP contribution in [0, 0.1) is 0 Å². The Morgan fingerprint density at radius 2 is 1.58 bits per heavy atom. The third kappa shape index (κ3) is 4.48. The maximum atomic E-state index is 13.0. The van der Waals surface area contributed by atoms with Crippen molar-refractivity contribution in [1.82, 2.24) is 20.0 Å². The van der Waals surface area contributed by atoms with Crippen molar-refractivity contribution < 1.29 is 9.32 Å². The molecule has 166 valence electrons. The van der Waals surface area contributed by atoms with Gasteiger partial charge >= 0.3 is 0 Å². The lowest BCUT2D eigenvalue weighted by Gasteiger charge is -2.35. The Balaban J connectivity index is 1.19. The number of carbonyl (C=O) groups is 1. The molecule has 0 spiro atoms. The van der Waals surface area contributed by atoms with E-state index in [1.54, 1.807) is 6.20 Å². The van der Waals surface area contributed by atoms with Gasteiger partial charge in [0.2, 0.25) is 11.7 Å². The highest BCUT2D eigenvalue weighted by atomic mass is 16.5. The van der Waals surface area contributed by atoms with Crippen LogP contribution < -0.4 is 4.90 Å². The molecule has 0 unspecified atom stereocenters. The third-order valence-corrected chi connectivity index (χ3v) is 5.91. The molecule has 1 aliphatic heterocycles. The first kappa shape index (κ1) is 20.9. The Labute approximate surface area is 192 Å². The van der Waals surface area contributed by atoms with Gasteiger partial charge in [-0.25, -0.2) is 4.98 Å². The summed E-state index contributed by atoms with van der Waals surface area (Å²) < 4.78 is 5.18. The van der Waals surface area contributed by atoms with Crippen LogP contribution in [0.2, 0.25) is 0 Å². The van der Waals surface area contributed by atoms with Gasteiger partial charge in [-0.05, 0) is 35.4 Å². The molecule has 0 atom stereocenters. The Kier molecular flexibility index (Phi) is 5.85. The first-order valence-electron chi connectivity index (χ1n) is 11.2. The van der Waals surface area contributed by atoms with Crippen molar-refractivity contribution in [1.29, 1.82) is 0 Å². The minimum Gasteiger partial charge on any atom is -0.353 e. The minimum absolute atomic E-state index is 0.0707. The van der Waals surface area contributed by atoms with E-state index < -0.39 is 0 Å². The third-order valence-electron chi connectivity index (χ3n) is 5.91. The number of carbonyl (C=O) groups excluding carboxylic acids is 1. The highest BCUT2D eigenvalue weighted by Gasteiger charge is 2.23. The summed E-state index contributed by atoms with van der Waals surface area (Å²) in [4.78, 5) is 26.0. The number of hydrogen-bond acceptors (Lipinski definition) is 6. The molecule has 1 amide bonds. The second kappa shape index (κ2) is 9.24. The zero-order valence-corrected chi connectivity index (χ0v) is 18.5. The van der Waals surface area contributed by atoms with Crippen molar-refractivity contribution in [2.24, 2.45) is 0 Å². The fraction of sp³-hybridized carbons (Fsp3) is 0.231. The van der Waals surface area contributed by atoms with Gasteiger partial charge in [0.05, 0.1) is 0 Å². The summed E-state index contributed by atoms with van der Waals surface area (Å²) in [5.41, 5.74) is 3.80. The van der Waals surface area contributed by atoms with Crippen molar-refractivity contribution in [3.05, 3.63) is 84.4 Å². The number of nitrogens with zero attached hydrogens (tertiary/aromatic N) is 5. The standard InChI is InChI=1S/C26H25N5O2/c1-2-24-28-25(29-33-24)22-12-13-23(27-18-22)30-14-16-31(17-15-30)26(32)21-10-8-20(9-11-21)19-6-4-3-5-7-19/h3-13,18H,2,14-17H2,1H3. The molecule has 0 radical (unpaired) electrons. The van der Waals surface area contributed by atoms with E-state index in [0.29, 0.717) is 31.2 Å². The number of piperazine rings is 1. The lowest BCUT2D eigenvalue weighted by atomic mass is 10.0. The monoisotopic (exact) mass is 439 g/mol. The van der Waals surface area contributed by atoms with Crippen LogP contribution in [0.1, 0.15) is 23.2 Å². The van der Waals surface area contributed by atoms with Gasteiger partial charge in [-0.3, -0.25) is 4.79 Å². The van der Waals surface area contributed by atoms with Crippen LogP contribution in [0.25, 0.3) is 22.5 Å². The largest absolute Gasteiger partial charge is 0.353 e. The van der Waals surface area contributed by atoms with E-state index in [1.165, 1.54) is 0 Å². The van der Waals surface area contributed by atoms with Crippen LogP contribution in [-0.2, 0) is 6.42 Å². The summed E-state index contributed by atoms with van der Waals surface area (Å²) >= 11 is 0. The summed E-state index contributed by atoms with van der Waals surface area (Å²) in [6.45, 7) is 4.77. The molecule has 4 aromatic rings. The Morgan fingerprint density at radius 3 is 2.21 bits per heavy atom. The fourth-order valence-electron chi connectivity index (χ4n) is 3.98. The van der Waals surface area contributed by atoms with E-state index in [2.05, 4.69) is 32.2 Å². The molecule has 33 heavy (non-hydrogen) atoms. The molecule has 7 heteroatoms. The molecule has 2 aromatic carbocycles. The number of hydrogen-bond donors (Lipinski definition) is 0. The lowest BCUT2D eigenvalue weighted by molar-refractivity contribution is 0.0746. The van der Waals surface area contributed by atoms with Crippen molar-refractivity contribution in [3.8, 4) is 22.5 Å². The number of benzene rings is 2. The molecule has 1 aliphatic rings. The SMILES string of the molecule is CCc1nc(-c2ccc(N3CCN(C(=O)c4ccc(-c5ccccc5)cc4)CC3)nc2)no1. The number of pyridine rings is 1. The predicted molar refractivity (Wildman–Crippen MR) is 127 cm³/mol. The highest BCUT2D eigenvalue weighted by Crippen LogP contribution is 2.22. The van der Waals surface area contributed by atoms with Gasteiger partial charge in [0, 0.05) is 49.9 Å². The molecular formula is C26H25N5O2. The molecule has 5 rings (SSSR count). The van der Waals surface area contributed by atoms with Gasteiger partial charge in [0.15, 0.2) is 0 Å². The van der Waals surface area contributed by atoms with Gasteiger partial charge in [0.25, 0.3) is 5.91 Å². The van der Waals surface area contributed by atoms with Crippen LogP contribution >= 0.6 is 0 Å². The van der Waals surface area contributed by atoms with Crippen LogP contribution in [-0.4, -0.2) is 52.1 Å². The number of aryl methyl sites for hydroxylation is 1. The topological polar surface area (TPSA) is 75.4 Å². The minimum atomic E-state index is 0.0707. The molecule has 0 aliphatic carbocycles. The van der Waals surface area contributed by atoms with Crippen LogP contribution in [0.15, 0.2) is 77.4 Å². The summed E-state index contributed by atoms with van der Waals surface area (Å²) in [6.07, 6.45) is 2.48. The molecule has 0 saturated carbocycles. The predicted octanol–water partition coefficient (Wildman–Crippen LogP) is 4.32. The molecule has 0 N–H and O–H groups in total. The summed E-state index contributed by atoms with van der Waals surface area (Å²) in [6, 6.07) is 22.0. The van der Waals surface area contributed by atoms with Gasteiger partial charge in [-0.1, -0.05) is 54.5 Å². The second-order valence-corrected chi connectivity index (χ2v) is 7.99. The maximum Gasteiger partial charge on any atom is 0.253 e. The molecule has 7 nitrogen and oxygen atoms in total. The molecule has 3 heterocycles. The summed E-state index contributed by atoms with van der Waals surface area (Å²) in [5, 5.41) is 4.00. The van der Waals surface area contributed by atoms with Crippen molar-refractivity contribution in [2.75, 3.05) is 31.1 Å². The molecule has 0 bridgehead atoms. The summed E-state index contributed by atoms with van der Waals surface area (Å²) in [7, 11) is 0. The normalized spacial score (nSPS) is 13.8. The second-order valence-electron chi connectivity index (χ2n) is 7.99. The zero-order chi connectivity index (χ0) is 22.6. The van der Waals surface area contributed by atoms with E-state index >= 15 is 0 Å². The molecular weight excluding hydrogens is 414 g/mol. The van der Waals surface area contributed by atoms with Crippen molar-refractivity contribution in [3.63, 3.8) is 0 Å².